The summed E-state index contributed by atoms with van der Waals surface area (Å²) in [7, 11) is 0. The molecule has 160 valence electrons. The number of nitrogens with zero attached hydrogens (tertiary/aromatic N) is 4. The van der Waals surface area contributed by atoms with Crippen LogP contribution >= 0.6 is 11.3 Å². The van der Waals surface area contributed by atoms with E-state index in [0.29, 0.717) is 16.9 Å². The molecule has 0 aliphatic heterocycles. The molecule has 2 atom stereocenters. The van der Waals surface area contributed by atoms with Gasteiger partial charge in [-0.1, -0.05) is 19.1 Å². The van der Waals surface area contributed by atoms with E-state index < -0.39 is 16.9 Å². The summed E-state index contributed by atoms with van der Waals surface area (Å²) in [5.74, 6) is 0.110. The van der Waals surface area contributed by atoms with E-state index in [1.165, 1.54) is 40.2 Å². The third-order valence-corrected chi connectivity index (χ3v) is 6.67. The maximum Gasteiger partial charge on any atom is 0.270 e. The van der Waals surface area contributed by atoms with Crippen LogP contribution in [0.3, 0.4) is 0 Å². The summed E-state index contributed by atoms with van der Waals surface area (Å²) in [6.45, 7) is 3.81. The van der Waals surface area contributed by atoms with Crippen LogP contribution in [0, 0.1) is 16.0 Å². The predicted octanol–water partition coefficient (Wildman–Crippen LogP) is 3.20. The number of hydrogen-bond acceptors (Lipinski definition) is 7. The van der Waals surface area contributed by atoms with E-state index >= 15 is 0 Å². The lowest BCUT2D eigenvalue weighted by Gasteiger charge is -2.18. The molecule has 0 saturated heterocycles. The second-order valence-corrected chi connectivity index (χ2v) is 8.83. The molecule has 0 saturated carbocycles. The molecule has 9 nitrogen and oxygen atoms in total. The van der Waals surface area contributed by atoms with Gasteiger partial charge in [0.1, 0.15) is 10.9 Å². The Morgan fingerprint density at radius 2 is 2.29 bits per heavy atom. The molecule has 0 radical (unpaired) electrons. The Morgan fingerprint density at radius 3 is 3.06 bits per heavy atom. The molecule has 1 amide bonds. The van der Waals surface area contributed by atoms with Crippen LogP contribution in [0.5, 0.6) is 0 Å². The van der Waals surface area contributed by atoms with Gasteiger partial charge in [0, 0.05) is 22.6 Å². The number of thiophene rings is 1. The molecule has 1 aliphatic carbocycles. The minimum Gasteiger partial charge on any atom is -0.286 e. The van der Waals surface area contributed by atoms with E-state index in [-0.39, 0.29) is 11.2 Å². The summed E-state index contributed by atoms with van der Waals surface area (Å²) >= 11 is 1.56. The first-order chi connectivity index (χ1) is 14.8. The van der Waals surface area contributed by atoms with E-state index in [1.807, 2.05) is 0 Å². The van der Waals surface area contributed by atoms with Gasteiger partial charge in [-0.2, -0.15) is 5.10 Å². The number of non-ortho nitro benzene ring substituents is 1. The van der Waals surface area contributed by atoms with Crippen molar-refractivity contribution in [2.75, 3.05) is 0 Å². The molecular weight excluding hydrogens is 418 g/mol. The first kappa shape index (κ1) is 20.9. The number of nitro benzene ring substituents is 1. The highest BCUT2D eigenvalue weighted by Gasteiger charge is 2.25. The van der Waals surface area contributed by atoms with Crippen LogP contribution in [-0.2, 0) is 17.6 Å². The normalized spacial score (nSPS) is 16.9. The van der Waals surface area contributed by atoms with Crippen molar-refractivity contribution in [3.63, 3.8) is 0 Å². The number of carbonyl (C=O) groups excluding carboxylic acids is 1. The number of hydrogen-bond donors (Lipinski definition) is 1. The van der Waals surface area contributed by atoms with Crippen LogP contribution in [0.1, 0.15) is 42.3 Å². The minimum atomic E-state index is -0.815. The summed E-state index contributed by atoms with van der Waals surface area (Å²) in [5.41, 5.74) is 3.65. The lowest BCUT2D eigenvalue weighted by atomic mass is 9.89. The van der Waals surface area contributed by atoms with E-state index in [2.05, 4.69) is 22.4 Å². The van der Waals surface area contributed by atoms with Crippen molar-refractivity contribution < 1.29 is 9.72 Å². The molecule has 0 unspecified atom stereocenters. The predicted molar refractivity (Wildman–Crippen MR) is 119 cm³/mol. The van der Waals surface area contributed by atoms with Gasteiger partial charge >= 0.3 is 0 Å². The number of fused-ring (bicyclic) bond motifs is 3. The van der Waals surface area contributed by atoms with Crippen molar-refractivity contribution in [2.45, 2.75) is 39.2 Å². The highest BCUT2D eigenvalue weighted by Crippen LogP contribution is 2.35. The first-order valence-electron chi connectivity index (χ1n) is 9.94. The average Bonchev–Trinajstić information content (AvgIpc) is 3.12. The molecule has 0 bridgehead atoms. The first-order valence-corrected chi connectivity index (χ1v) is 10.8. The average molecular weight is 439 g/mol. The van der Waals surface area contributed by atoms with Crippen molar-refractivity contribution in [2.24, 2.45) is 11.0 Å². The molecular formula is C21H21N5O4S. The van der Waals surface area contributed by atoms with Gasteiger partial charge in [0.25, 0.3) is 17.2 Å². The molecule has 1 N–H and O–H groups in total. The zero-order valence-electron chi connectivity index (χ0n) is 17.1. The van der Waals surface area contributed by atoms with E-state index in [9.17, 15) is 19.7 Å². The Kier molecular flexibility index (Phi) is 5.64. The van der Waals surface area contributed by atoms with E-state index in [0.717, 1.165) is 29.7 Å². The number of amides is 1. The van der Waals surface area contributed by atoms with Crippen LogP contribution < -0.4 is 11.0 Å². The smallest absolute Gasteiger partial charge is 0.270 e. The number of aryl methyl sites for hydroxylation is 1. The van der Waals surface area contributed by atoms with Gasteiger partial charge in [0.15, 0.2) is 0 Å². The number of rotatable bonds is 5. The Bertz CT molecular complexity index is 1260. The molecule has 10 heteroatoms. The Labute approximate surface area is 181 Å². The third kappa shape index (κ3) is 4.11. The van der Waals surface area contributed by atoms with Crippen molar-refractivity contribution >= 4 is 39.4 Å². The Hall–Kier alpha value is -3.40. The second-order valence-electron chi connectivity index (χ2n) is 7.75. The number of hydrazone groups is 1. The molecule has 1 aromatic carbocycles. The number of nitrogens with one attached hydrogen (secondary N) is 1. The van der Waals surface area contributed by atoms with Gasteiger partial charge < -0.3 is 0 Å². The fourth-order valence-electron chi connectivity index (χ4n) is 3.73. The van der Waals surface area contributed by atoms with Crippen LogP contribution in [0.25, 0.3) is 10.2 Å². The highest BCUT2D eigenvalue weighted by atomic mass is 32.1. The van der Waals surface area contributed by atoms with Gasteiger partial charge in [-0.15, -0.1) is 11.3 Å². The standard InChI is InChI=1S/C21H21N5O4S/c1-12-6-7-16-17(8-12)31-20-18(16)21(28)25(11-22-20)13(2)19(27)24-23-10-14-4-3-5-15(9-14)26(29)30/h3-5,9-13H,6-8H2,1-2H3,(H,24,27)/b23-10-/t12-,13-/m0/s1. The Morgan fingerprint density at radius 1 is 1.48 bits per heavy atom. The molecule has 2 aromatic heterocycles. The van der Waals surface area contributed by atoms with Crippen LogP contribution in [0.4, 0.5) is 5.69 Å². The Balaban J connectivity index is 1.54. The van der Waals surface area contributed by atoms with Gasteiger partial charge in [-0.05, 0) is 37.7 Å². The van der Waals surface area contributed by atoms with Crippen LogP contribution in [0.2, 0.25) is 0 Å². The lowest BCUT2D eigenvalue weighted by molar-refractivity contribution is -0.384. The summed E-state index contributed by atoms with van der Waals surface area (Å²) in [4.78, 5) is 42.4. The van der Waals surface area contributed by atoms with Crippen molar-refractivity contribution in [3.05, 3.63) is 67.1 Å². The quantitative estimate of drug-likeness (QED) is 0.372. The van der Waals surface area contributed by atoms with Gasteiger partial charge in [-0.3, -0.25) is 24.3 Å². The molecule has 0 spiro atoms. The fourth-order valence-corrected chi connectivity index (χ4v) is 5.07. The van der Waals surface area contributed by atoms with Gasteiger partial charge in [0.05, 0.1) is 22.9 Å². The van der Waals surface area contributed by atoms with E-state index in [1.54, 1.807) is 24.3 Å². The third-order valence-electron chi connectivity index (χ3n) is 5.51. The zero-order valence-corrected chi connectivity index (χ0v) is 17.9. The van der Waals surface area contributed by atoms with Crippen molar-refractivity contribution in [3.8, 4) is 0 Å². The summed E-state index contributed by atoms with van der Waals surface area (Å²) < 4.78 is 1.32. The number of benzene rings is 1. The summed E-state index contributed by atoms with van der Waals surface area (Å²) in [6, 6.07) is 5.07. The SMILES string of the molecule is C[C@H]1CCc2c(sc3ncn([C@@H](C)C(=O)N/N=C\c4cccc([N+](=O)[O-])c4)c(=O)c23)C1. The monoisotopic (exact) mass is 439 g/mol. The number of aromatic nitrogens is 2. The largest absolute Gasteiger partial charge is 0.286 e. The summed E-state index contributed by atoms with van der Waals surface area (Å²) in [6.07, 6.45) is 5.57. The number of nitro groups is 1. The number of carbonyl (C=O) groups is 1. The van der Waals surface area contributed by atoms with Gasteiger partial charge in [0.2, 0.25) is 0 Å². The maximum absolute atomic E-state index is 13.1. The molecule has 0 fully saturated rings. The summed E-state index contributed by atoms with van der Waals surface area (Å²) in [5, 5.41) is 15.3. The van der Waals surface area contributed by atoms with Crippen LogP contribution in [-0.4, -0.2) is 26.6 Å². The molecule has 3 aromatic rings. The lowest BCUT2D eigenvalue weighted by Crippen LogP contribution is -2.34. The maximum atomic E-state index is 13.1. The van der Waals surface area contributed by atoms with Gasteiger partial charge in [-0.25, -0.2) is 10.4 Å². The van der Waals surface area contributed by atoms with Crippen molar-refractivity contribution in [1.29, 1.82) is 0 Å². The topological polar surface area (TPSA) is 119 Å². The second kappa shape index (κ2) is 8.38. The molecule has 2 heterocycles. The van der Waals surface area contributed by atoms with E-state index in [4.69, 9.17) is 0 Å². The molecule has 4 rings (SSSR count). The zero-order chi connectivity index (χ0) is 22.1. The highest BCUT2D eigenvalue weighted by molar-refractivity contribution is 7.18. The van der Waals surface area contributed by atoms with Crippen molar-refractivity contribution in [1.82, 2.24) is 15.0 Å². The fraction of sp³-hybridized carbons (Fsp3) is 0.333. The molecule has 1 aliphatic rings. The minimum absolute atomic E-state index is 0.0666. The van der Waals surface area contributed by atoms with Crippen LogP contribution in [0.15, 0.2) is 40.5 Å². The molecule has 31 heavy (non-hydrogen) atoms.